The summed E-state index contributed by atoms with van der Waals surface area (Å²) in [5.41, 5.74) is 4.46. The Hall–Kier alpha value is -2.49. The summed E-state index contributed by atoms with van der Waals surface area (Å²) in [6, 6.07) is 16.2. The third-order valence-electron chi connectivity index (χ3n) is 4.48. The van der Waals surface area contributed by atoms with Gasteiger partial charge in [0.15, 0.2) is 0 Å². The molecular weight excluding hydrogens is 298 g/mol. The molecule has 3 rings (SSSR count). The maximum Gasteiger partial charge on any atom is 0.319 e. The SMILES string of the molecule is CCc1ccc(NC(=O)NCc2ccc(N3CCCC3)cc2)cc1. The molecule has 4 heteroatoms. The fourth-order valence-electron chi connectivity index (χ4n) is 2.98. The van der Waals surface area contributed by atoms with E-state index < -0.39 is 0 Å². The van der Waals surface area contributed by atoms with Crippen LogP contribution in [0.2, 0.25) is 0 Å². The van der Waals surface area contributed by atoms with E-state index in [2.05, 4.69) is 46.7 Å². The number of carbonyl (C=O) groups excluding carboxylic acids is 1. The average molecular weight is 323 g/mol. The molecule has 0 bridgehead atoms. The van der Waals surface area contributed by atoms with Gasteiger partial charge in [0.1, 0.15) is 0 Å². The topological polar surface area (TPSA) is 44.4 Å². The lowest BCUT2D eigenvalue weighted by Gasteiger charge is -2.17. The molecule has 0 spiro atoms. The van der Waals surface area contributed by atoms with Gasteiger partial charge in [0.2, 0.25) is 0 Å². The van der Waals surface area contributed by atoms with Gasteiger partial charge in [-0.3, -0.25) is 0 Å². The summed E-state index contributed by atoms with van der Waals surface area (Å²) in [6.07, 6.45) is 3.56. The second-order valence-corrected chi connectivity index (χ2v) is 6.22. The molecule has 2 amide bonds. The summed E-state index contributed by atoms with van der Waals surface area (Å²) in [7, 11) is 0. The van der Waals surface area contributed by atoms with Crippen LogP contribution in [0.1, 0.15) is 30.9 Å². The van der Waals surface area contributed by atoms with Crippen molar-refractivity contribution >= 4 is 17.4 Å². The minimum atomic E-state index is -0.178. The molecule has 0 radical (unpaired) electrons. The molecule has 2 aromatic carbocycles. The largest absolute Gasteiger partial charge is 0.372 e. The fourth-order valence-corrected chi connectivity index (χ4v) is 2.98. The first kappa shape index (κ1) is 16.4. The Morgan fingerprint density at radius 3 is 2.21 bits per heavy atom. The second kappa shape index (κ2) is 7.86. The van der Waals surface area contributed by atoms with Gasteiger partial charge in [0, 0.05) is 31.0 Å². The highest BCUT2D eigenvalue weighted by atomic mass is 16.2. The molecule has 1 saturated heterocycles. The van der Waals surface area contributed by atoms with Crippen molar-refractivity contribution in [1.29, 1.82) is 0 Å². The van der Waals surface area contributed by atoms with Crippen molar-refractivity contribution in [2.24, 2.45) is 0 Å². The summed E-state index contributed by atoms with van der Waals surface area (Å²) < 4.78 is 0. The van der Waals surface area contributed by atoms with E-state index in [1.54, 1.807) is 0 Å². The Morgan fingerprint density at radius 1 is 0.958 bits per heavy atom. The Balaban J connectivity index is 1.48. The van der Waals surface area contributed by atoms with Crippen molar-refractivity contribution in [1.82, 2.24) is 5.32 Å². The molecule has 126 valence electrons. The minimum Gasteiger partial charge on any atom is -0.372 e. The molecule has 1 fully saturated rings. The average Bonchev–Trinajstić information content (AvgIpc) is 3.16. The number of nitrogens with one attached hydrogen (secondary N) is 2. The maximum absolute atomic E-state index is 12.0. The highest BCUT2D eigenvalue weighted by molar-refractivity contribution is 5.89. The van der Waals surface area contributed by atoms with Crippen molar-refractivity contribution in [3.63, 3.8) is 0 Å². The van der Waals surface area contributed by atoms with Crippen molar-refractivity contribution < 1.29 is 4.79 Å². The van der Waals surface area contributed by atoms with E-state index in [9.17, 15) is 4.79 Å². The molecule has 0 atom stereocenters. The van der Waals surface area contributed by atoms with Crippen molar-refractivity contribution in [2.45, 2.75) is 32.7 Å². The smallest absolute Gasteiger partial charge is 0.319 e. The number of anilines is 2. The van der Waals surface area contributed by atoms with E-state index >= 15 is 0 Å². The van der Waals surface area contributed by atoms with Crippen LogP contribution in [0.25, 0.3) is 0 Å². The minimum absolute atomic E-state index is 0.178. The predicted molar refractivity (Wildman–Crippen MR) is 99.6 cm³/mol. The van der Waals surface area contributed by atoms with Crippen molar-refractivity contribution in [3.05, 3.63) is 59.7 Å². The number of rotatable bonds is 5. The van der Waals surface area contributed by atoms with E-state index in [-0.39, 0.29) is 6.03 Å². The summed E-state index contributed by atoms with van der Waals surface area (Å²) in [6.45, 7) is 4.94. The molecule has 24 heavy (non-hydrogen) atoms. The van der Waals surface area contributed by atoms with Gasteiger partial charge in [0.05, 0.1) is 0 Å². The van der Waals surface area contributed by atoms with Crippen LogP contribution in [0.5, 0.6) is 0 Å². The zero-order valence-corrected chi connectivity index (χ0v) is 14.2. The first-order valence-electron chi connectivity index (χ1n) is 8.72. The Kier molecular flexibility index (Phi) is 5.36. The molecule has 0 aromatic heterocycles. The molecule has 1 aliphatic rings. The van der Waals surface area contributed by atoms with Gasteiger partial charge >= 0.3 is 6.03 Å². The van der Waals surface area contributed by atoms with Crippen LogP contribution in [0, 0.1) is 0 Å². The van der Waals surface area contributed by atoms with E-state index in [0.29, 0.717) is 6.54 Å². The molecule has 1 aliphatic heterocycles. The second-order valence-electron chi connectivity index (χ2n) is 6.22. The van der Waals surface area contributed by atoms with Gasteiger partial charge in [-0.15, -0.1) is 0 Å². The third kappa shape index (κ3) is 4.28. The first-order valence-corrected chi connectivity index (χ1v) is 8.72. The molecule has 2 aromatic rings. The van der Waals surface area contributed by atoms with Crippen LogP contribution in [-0.4, -0.2) is 19.1 Å². The normalized spacial score (nSPS) is 13.8. The van der Waals surface area contributed by atoms with Crippen LogP contribution in [-0.2, 0) is 13.0 Å². The highest BCUT2D eigenvalue weighted by Gasteiger charge is 2.11. The third-order valence-corrected chi connectivity index (χ3v) is 4.48. The van der Waals surface area contributed by atoms with Crippen LogP contribution in [0.15, 0.2) is 48.5 Å². The van der Waals surface area contributed by atoms with Gasteiger partial charge in [-0.05, 0) is 54.7 Å². The number of hydrogen-bond donors (Lipinski definition) is 2. The lowest BCUT2D eigenvalue weighted by atomic mass is 10.1. The number of carbonyl (C=O) groups is 1. The zero-order valence-electron chi connectivity index (χ0n) is 14.2. The highest BCUT2D eigenvalue weighted by Crippen LogP contribution is 2.20. The Bertz CT molecular complexity index is 658. The Morgan fingerprint density at radius 2 is 1.58 bits per heavy atom. The lowest BCUT2D eigenvalue weighted by molar-refractivity contribution is 0.251. The fraction of sp³-hybridized carbons (Fsp3) is 0.350. The number of benzene rings is 2. The standard InChI is InChI=1S/C20H25N3O/c1-2-16-5-9-18(10-6-16)22-20(24)21-15-17-7-11-19(12-8-17)23-13-3-4-14-23/h5-12H,2-4,13-15H2,1H3,(H2,21,22,24). The molecule has 4 nitrogen and oxygen atoms in total. The predicted octanol–water partition coefficient (Wildman–Crippen LogP) is 4.17. The summed E-state index contributed by atoms with van der Waals surface area (Å²) in [5, 5.41) is 5.76. The van der Waals surface area contributed by atoms with Crippen LogP contribution < -0.4 is 15.5 Å². The maximum atomic E-state index is 12.0. The zero-order chi connectivity index (χ0) is 16.8. The van der Waals surface area contributed by atoms with E-state index in [1.807, 2.05) is 24.3 Å². The molecule has 0 unspecified atom stereocenters. The van der Waals surface area contributed by atoms with Crippen LogP contribution in [0.4, 0.5) is 16.2 Å². The quantitative estimate of drug-likeness (QED) is 0.867. The van der Waals surface area contributed by atoms with Crippen molar-refractivity contribution in [3.8, 4) is 0 Å². The molecule has 1 heterocycles. The van der Waals surface area contributed by atoms with Gasteiger partial charge in [-0.25, -0.2) is 4.79 Å². The van der Waals surface area contributed by atoms with E-state index in [0.717, 1.165) is 30.8 Å². The number of aryl methyl sites for hydroxylation is 1. The lowest BCUT2D eigenvalue weighted by Crippen LogP contribution is -2.28. The van der Waals surface area contributed by atoms with Gasteiger partial charge in [-0.2, -0.15) is 0 Å². The number of urea groups is 1. The van der Waals surface area contributed by atoms with E-state index in [1.165, 1.54) is 24.1 Å². The monoisotopic (exact) mass is 323 g/mol. The van der Waals surface area contributed by atoms with Gasteiger partial charge in [0.25, 0.3) is 0 Å². The molecule has 0 aliphatic carbocycles. The van der Waals surface area contributed by atoms with Gasteiger partial charge in [-0.1, -0.05) is 31.2 Å². The molecular formula is C20H25N3O. The van der Waals surface area contributed by atoms with Crippen LogP contribution in [0.3, 0.4) is 0 Å². The summed E-state index contributed by atoms with van der Waals surface area (Å²) in [5.74, 6) is 0. The van der Waals surface area contributed by atoms with E-state index in [4.69, 9.17) is 0 Å². The Labute approximate surface area is 143 Å². The molecule has 0 saturated carbocycles. The van der Waals surface area contributed by atoms with Crippen molar-refractivity contribution in [2.75, 3.05) is 23.3 Å². The van der Waals surface area contributed by atoms with Crippen LogP contribution >= 0.6 is 0 Å². The van der Waals surface area contributed by atoms with Gasteiger partial charge < -0.3 is 15.5 Å². The molecule has 2 N–H and O–H groups in total. The summed E-state index contributed by atoms with van der Waals surface area (Å²) in [4.78, 5) is 14.4. The summed E-state index contributed by atoms with van der Waals surface area (Å²) >= 11 is 0. The number of amides is 2. The first-order chi connectivity index (χ1) is 11.7. The number of nitrogens with zero attached hydrogens (tertiary/aromatic N) is 1. The number of hydrogen-bond acceptors (Lipinski definition) is 2.